The molecule has 8 heteroatoms. The van der Waals surface area contributed by atoms with Crippen LogP contribution in [0.15, 0.2) is 24.3 Å². The molecule has 116 valence electrons. The van der Waals surface area contributed by atoms with Crippen molar-refractivity contribution in [2.24, 2.45) is 0 Å². The van der Waals surface area contributed by atoms with Gasteiger partial charge in [-0.3, -0.25) is 9.59 Å². The van der Waals surface area contributed by atoms with Crippen molar-refractivity contribution in [1.82, 2.24) is 0 Å². The molecular formula is C13H13F3O4S. The van der Waals surface area contributed by atoms with Crippen molar-refractivity contribution >= 4 is 23.7 Å². The van der Waals surface area contributed by atoms with E-state index in [0.29, 0.717) is 0 Å². The zero-order valence-electron chi connectivity index (χ0n) is 11.1. The van der Waals surface area contributed by atoms with E-state index in [1.165, 1.54) is 19.2 Å². The number of alkyl halides is 3. The van der Waals surface area contributed by atoms with Gasteiger partial charge in [-0.25, -0.2) is 0 Å². The number of benzene rings is 1. The highest BCUT2D eigenvalue weighted by molar-refractivity contribution is 7.99. The Bertz CT molecular complexity index is 502. The van der Waals surface area contributed by atoms with Gasteiger partial charge in [0.1, 0.15) is 5.75 Å². The molecule has 0 saturated heterocycles. The molecule has 0 aliphatic carbocycles. The first-order chi connectivity index (χ1) is 9.84. The third-order valence-corrected chi connectivity index (χ3v) is 3.25. The molecule has 0 fully saturated rings. The van der Waals surface area contributed by atoms with Crippen molar-refractivity contribution < 1.29 is 32.2 Å². The molecule has 1 rings (SSSR count). The second kappa shape index (κ2) is 7.92. The maximum Gasteiger partial charge on any atom is 0.419 e. The Hall–Kier alpha value is -1.70. The molecule has 0 aliphatic heterocycles. The summed E-state index contributed by atoms with van der Waals surface area (Å²) in [7, 11) is 1.24. The molecule has 0 aromatic heterocycles. The number of hydrogen-bond donors (Lipinski definition) is 0. The van der Waals surface area contributed by atoms with Crippen molar-refractivity contribution in [1.29, 1.82) is 0 Å². The molecule has 0 saturated carbocycles. The quantitative estimate of drug-likeness (QED) is 0.458. The van der Waals surface area contributed by atoms with Gasteiger partial charge >= 0.3 is 18.1 Å². The summed E-state index contributed by atoms with van der Waals surface area (Å²) in [5.41, 5.74) is -0.999. The van der Waals surface area contributed by atoms with Crippen LogP contribution in [0.25, 0.3) is 0 Å². The van der Waals surface area contributed by atoms with E-state index in [1.54, 1.807) is 0 Å². The third kappa shape index (κ3) is 6.07. The molecule has 1 aromatic carbocycles. The van der Waals surface area contributed by atoms with Gasteiger partial charge in [-0.1, -0.05) is 12.1 Å². The maximum atomic E-state index is 12.7. The molecule has 0 unspecified atom stereocenters. The standard InChI is InChI=1S/C13H13F3O4S/c1-19-12(18)8-21-7-6-11(17)20-10-5-3-2-4-9(10)13(14,15)16/h2-5H,6-8H2,1H3. The van der Waals surface area contributed by atoms with Crippen molar-refractivity contribution in [3.8, 4) is 5.75 Å². The molecule has 0 spiro atoms. The Morgan fingerprint density at radius 2 is 1.86 bits per heavy atom. The number of para-hydroxylation sites is 1. The normalized spacial score (nSPS) is 11.0. The van der Waals surface area contributed by atoms with Crippen LogP contribution in [-0.2, 0) is 20.5 Å². The van der Waals surface area contributed by atoms with Crippen LogP contribution in [0.5, 0.6) is 5.75 Å². The van der Waals surface area contributed by atoms with Crippen LogP contribution in [0.4, 0.5) is 13.2 Å². The predicted molar refractivity (Wildman–Crippen MR) is 71.0 cm³/mol. The Labute approximate surface area is 123 Å². The fourth-order valence-electron chi connectivity index (χ4n) is 1.33. The van der Waals surface area contributed by atoms with Gasteiger partial charge in [0.2, 0.25) is 0 Å². The van der Waals surface area contributed by atoms with Crippen LogP contribution in [0.3, 0.4) is 0 Å². The van der Waals surface area contributed by atoms with E-state index in [-0.39, 0.29) is 17.9 Å². The second-order valence-electron chi connectivity index (χ2n) is 3.85. The molecular weight excluding hydrogens is 309 g/mol. The van der Waals surface area contributed by atoms with E-state index in [2.05, 4.69) is 4.74 Å². The van der Waals surface area contributed by atoms with Gasteiger partial charge in [0.05, 0.1) is 24.8 Å². The highest BCUT2D eigenvalue weighted by atomic mass is 32.2. The van der Waals surface area contributed by atoms with Gasteiger partial charge in [0.15, 0.2) is 0 Å². The largest absolute Gasteiger partial charge is 0.468 e. The smallest absolute Gasteiger partial charge is 0.419 e. The minimum atomic E-state index is -4.59. The lowest BCUT2D eigenvalue weighted by Gasteiger charge is -2.12. The number of carbonyl (C=O) groups excluding carboxylic acids is 2. The molecule has 0 radical (unpaired) electrons. The summed E-state index contributed by atoms with van der Waals surface area (Å²) in [5.74, 6) is -1.42. The van der Waals surface area contributed by atoms with Crippen molar-refractivity contribution in [3.05, 3.63) is 29.8 Å². The van der Waals surface area contributed by atoms with Crippen LogP contribution in [0.1, 0.15) is 12.0 Å². The lowest BCUT2D eigenvalue weighted by atomic mass is 10.2. The number of carbonyl (C=O) groups is 2. The molecule has 0 amide bonds. The SMILES string of the molecule is COC(=O)CSCCC(=O)Oc1ccccc1C(F)(F)F. The Morgan fingerprint density at radius 1 is 1.19 bits per heavy atom. The van der Waals surface area contributed by atoms with Crippen LogP contribution in [-0.4, -0.2) is 30.6 Å². The van der Waals surface area contributed by atoms with Gasteiger partial charge in [-0.05, 0) is 12.1 Å². The predicted octanol–water partition coefficient (Wildman–Crippen LogP) is 2.91. The number of methoxy groups -OCH3 is 1. The lowest BCUT2D eigenvalue weighted by Crippen LogP contribution is -2.14. The number of thioether (sulfide) groups is 1. The number of halogens is 3. The number of hydrogen-bond acceptors (Lipinski definition) is 5. The first-order valence-electron chi connectivity index (χ1n) is 5.86. The average molecular weight is 322 g/mol. The fourth-order valence-corrected chi connectivity index (χ4v) is 2.07. The van der Waals surface area contributed by atoms with Crippen molar-refractivity contribution in [3.63, 3.8) is 0 Å². The summed E-state index contributed by atoms with van der Waals surface area (Å²) in [6.45, 7) is 0. The highest BCUT2D eigenvalue weighted by Crippen LogP contribution is 2.35. The van der Waals surface area contributed by atoms with Gasteiger partial charge in [-0.15, -0.1) is 11.8 Å². The van der Waals surface area contributed by atoms with Crippen LogP contribution in [0.2, 0.25) is 0 Å². The number of ether oxygens (including phenoxy) is 2. The summed E-state index contributed by atoms with van der Waals surface area (Å²) in [6, 6.07) is 4.49. The van der Waals surface area contributed by atoms with Gasteiger partial charge < -0.3 is 9.47 Å². The zero-order chi connectivity index (χ0) is 15.9. The molecule has 4 nitrogen and oxygen atoms in total. The fraction of sp³-hybridized carbons (Fsp3) is 0.385. The Morgan fingerprint density at radius 3 is 2.48 bits per heavy atom. The van der Waals surface area contributed by atoms with Crippen LogP contribution in [0, 0.1) is 0 Å². The summed E-state index contributed by atoms with van der Waals surface area (Å²) < 4.78 is 47.2. The summed E-state index contributed by atoms with van der Waals surface area (Å²) in [5, 5.41) is 0. The van der Waals surface area contributed by atoms with E-state index >= 15 is 0 Å². The minimum Gasteiger partial charge on any atom is -0.468 e. The average Bonchev–Trinajstić information content (AvgIpc) is 2.42. The molecule has 0 atom stereocenters. The zero-order valence-corrected chi connectivity index (χ0v) is 11.9. The van der Waals surface area contributed by atoms with Crippen molar-refractivity contribution in [2.45, 2.75) is 12.6 Å². The molecule has 0 heterocycles. The van der Waals surface area contributed by atoms with Gasteiger partial charge in [0, 0.05) is 5.75 Å². The maximum absolute atomic E-state index is 12.7. The van der Waals surface area contributed by atoms with Crippen LogP contribution >= 0.6 is 11.8 Å². The lowest BCUT2D eigenvalue weighted by molar-refractivity contribution is -0.142. The van der Waals surface area contributed by atoms with E-state index < -0.39 is 29.4 Å². The van der Waals surface area contributed by atoms with E-state index in [9.17, 15) is 22.8 Å². The van der Waals surface area contributed by atoms with Crippen LogP contribution < -0.4 is 4.74 Å². The van der Waals surface area contributed by atoms with E-state index in [1.807, 2.05) is 0 Å². The third-order valence-electron chi connectivity index (χ3n) is 2.31. The summed E-state index contributed by atoms with van der Waals surface area (Å²) >= 11 is 1.14. The topological polar surface area (TPSA) is 52.6 Å². The summed E-state index contributed by atoms with van der Waals surface area (Å²) in [6.07, 6.45) is -4.69. The first kappa shape index (κ1) is 17.4. The van der Waals surface area contributed by atoms with Crippen molar-refractivity contribution in [2.75, 3.05) is 18.6 Å². The minimum absolute atomic E-state index is 0.0723. The molecule has 0 bridgehead atoms. The first-order valence-corrected chi connectivity index (χ1v) is 7.01. The summed E-state index contributed by atoms with van der Waals surface area (Å²) in [4.78, 5) is 22.3. The second-order valence-corrected chi connectivity index (χ2v) is 4.95. The molecule has 21 heavy (non-hydrogen) atoms. The Balaban J connectivity index is 2.50. The number of esters is 2. The molecule has 0 aliphatic rings. The van der Waals surface area contributed by atoms with E-state index in [4.69, 9.17) is 4.74 Å². The molecule has 0 N–H and O–H groups in total. The number of rotatable bonds is 6. The van der Waals surface area contributed by atoms with Gasteiger partial charge in [0.25, 0.3) is 0 Å². The molecule has 1 aromatic rings. The monoisotopic (exact) mass is 322 g/mol. The highest BCUT2D eigenvalue weighted by Gasteiger charge is 2.34. The van der Waals surface area contributed by atoms with E-state index in [0.717, 1.165) is 23.9 Å². The van der Waals surface area contributed by atoms with Gasteiger partial charge in [-0.2, -0.15) is 13.2 Å². The Kier molecular flexibility index (Phi) is 6.54.